The van der Waals surface area contributed by atoms with Crippen LogP contribution in [0.15, 0.2) is 34.9 Å². The Hall–Kier alpha value is -2.08. The molecule has 0 bridgehead atoms. The van der Waals surface area contributed by atoms with Crippen LogP contribution < -0.4 is 5.32 Å². The number of nitrogens with zero attached hydrogens (tertiary/aromatic N) is 1. The third-order valence-electron chi connectivity index (χ3n) is 3.74. The number of hydrogen-bond acceptors (Lipinski definition) is 4. The second-order valence-electron chi connectivity index (χ2n) is 5.48. The highest BCUT2D eigenvalue weighted by Gasteiger charge is 2.34. The molecule has 0 unspecified atom stereocenters. The van der Waals surface area contributed by atoms with Gasteiger partial charge < -0.3 is 14.6 Å². The molecule has 1 aliphatic heterocycles. The lowest BCUT2D eigenvalue weighted by molar-refractivity contribution is -0.129. The first-order valence-electron chi connectivity index (χ1n) is 7.25. The number of carbonyl (C=O) groups excluding carboxylic acids is 2. The van der Waals surface area contributed by atoms with Crippen LogP contribution in [0.5, 0.6) is 0 Å². The van der Waals surface area contributed by atoms with Gasteiger partial charge in [-0.2, -0.15) is 0 Å². The molecule has 6 heteroatoms. The molecule has 22 heavy (non-hydrogen) atoms. The van der Waals surface area contributed by atoms with Gasteiger partial charge in [0.1, 0.15) is 5.76 Å². The Morgan fingerprint density at radius 1 is 1.45 bits per heavy atom. The maximum atomic E-state index is 12.2. The van der Waals surface area contributed by atoms with E-state index in [1.165, 1.54) is 4.88 Å². The average molecular weight is 318 g/mol. The number of amides is 2. The van der Waals surface area contributed by atoms with Gasteiger partial charge in [-0.05, 0) is 31.2 Å². The second-order valence-corrected chi connectivity index (χ2v) is 6.86. The summed E-state index contributed by atoms with van der Waals surface area (Å²) in [4.78, 5) is 28.2. The maximum Gasteiger partial charge on any atom is 0.225 e. The molecule has 1 saturated heterocycles. The summed E-state index contributed by atoms with van der Waals surface area (Å²) in [5.41, 5.74) is 0. The predicted octanol–water partition coefficient (Wildman–Crippen LogP) is 2.31. The molecule has 3 heterocycles. The number of furan rings is 1. The van der Waals surface area contributed by atoms with Crippen molar-refractivity contribution in [3.63, 3.8) is 0 Å². The quantitative estimate of drug-likeness (QED) is 0.920. The van der Waals surface area contributed by atoms with Crippen molar-refractivity contribution < 1.29 is 14.0 Å². The van der Waals surface area contributed by atoms with Gasteiger partial charge in [-0.3, -0.25) is 9.59 Å². The molecule has 1 N–H and O–H groups in total. The van der Waals surface area contributed by atoms with Gasteiger partial charge in [0, 0.05) is 22.7 Å². The minimum atomic E-state index is -0.275. The topological polar surface area (TPSA) is 62.6 Å². The zero-order valence-corrected chi connectivity index (χ0v) is 13.2. The summed E-state index contributed by atoms with van der Waals surface area (Å²) in [7, 11) is 0. The first-order valence-corrected chi connectivity index (χ1v) is 8.06. The maximum absolute atomic E-state index is 12.2. The van der Waals surface area contributed by atoms with Gasteiger partial charge in [-0.25, -0.2) is 0 Å². The molecule has 2 aromatic rings. The van der Waals surface area contributed by atoms with Gasteiger partial charge in [0.15, 0.2) is 0 Å². The monoisotopic (exact) mass is 318 g/mol. The molecule has 0 aliphatic carbocycles. The fourth-order valence-corrected chi connectivity index (χ4v) is 3.42. The Morgan fingerprint density at radius 3 is 3.00 bits per heavy atom. The molecule has 0 spiro atoms. The van der Waals surface area contributed by atoms with Gasteiger partial charge in [0.05, 0.1) is 25.3 Å². The van der Waals surface area contributed by atoms with Crippen LogP contribution in [0.4, 0.5) is 0 Å². The molecule has 5 nitrogen and oxygen atoms in total. The van der Waals surface area contributed by atoms with Crippen molar-refractivity contribution in [3.05, 3.63) is 46.0 Å². The highest BCUT2D eigenvalue weighted by molar-refractivity contribution is 7.11. The van der Waals surface area contributed by atoms with Crippen LogP contribution in [0.3, 0.4) is 0 Å². The van der Waals surface area contributed by atoms with Crippen molar-refractivity contribution in [2.24, 2.45) is 5.92 Å². The Morgan fingerprint density at radius 2 is 2.32 bits per heavy atom. The Labute approximate surface area is 132 Å². The number of carbonyl (C=O) groups is 2. The molecular weight excluding hydrogens is 300 g/mol. The SMILES string of the molecule is Cc1ccc(CNC(=O)[C@@H]2CC(=O)N(Cc3ccco3)C2)s1. The fraction of sp³-hybridized carbons (Fsp3) is 0.375. The summed E-state index contributed by atoms with van der Waals surface area (Å²) in [6.07, 6.45) is 1.86. The number of aryl methyl sites for hydroxylation is 1. The van der Waals surface area contributed by atoms with Crippen molar-refractivity contribution in [3.8, 4) is 0 Å². The molecule has 1 aliphatic rings. The molecule has 0 radical (unpaired) electrons. The van der Waals surface area contributed by atoms with Crippen LogP contribution in [0, 0.1) is 12.8 Å². The Kier molecular flexibility index (Phi) is 4.29. The van der Waals surface area contributed by atoms with Gasteiger partial charge in [0.2, 0.25) is 11.8 Å². The smallest absolute Gasteiger partial charge is 0.225 e. The predicted molar refractivity (Wildman–Crippen MR) is 83.1 cm³/mol. The summed E-state index contributed by atoms with van der Waals surface area (Å²) >= 11 is 1.67. The van der Waals surface area contributed by atoms with E-state index in [-0.39, 0.29) is 24.2 Å². The van der Waals surface area contributed by atoms with E-state index in [2.05, 4.69) is 5.32 Å². The van der Waals surface area contributed by atoms with Gasteiger partial charge >= 0.3 is 0 Å². The van der Waals surface area contributed by atoms with Gasteiger partial charge in [-0.1, -0.05) is 0 Å². The van der Waals surface area contributed by atoms with Crippen molar-refractivity contribution in [1.82, 2.24) is 10.2 Å². The van der Waals surface area contributed by atoms with Crippen molar-refractivity contribution in [2.75, 3.05) is 6.54 Å². The fourth-order valence-electron chi connectivity index (χ4n) is 2.59. The Bertz CT molecular complexity index is 663. The van der Waals surface area contributed by atoms with Crippen molar-refractivity contribution in [2.45, 2.75) is 26.4 Å². The third-order valence-corrected chi connectivity index (χ3v) is 4.75. The number of nitrogens with one attached hydrogen (secondary N) is 1. The molecular formula is C16H18N2O3S. The summed E-state index contributed by atoms with van der Waals surface area (Å²) in [5, 5.41) is 2.92. The van der Waals surface area contributed by atoms with E-state index >= 15 is 0 Å². The normalized spacial score (nSPS) is 18.0. The van der Waals surface area contributed by atoms with Crippen molar-refractivity contribution >= 4 is 23.2 Å². The standard InChI is InChI=1S/C16H18N2O3S/c1-11-4-5-14(22-11)8-17-16(20)12-7-15(19)18(9-12)10-13-3-2-6-21-13/h2-6,12H,7-10H2,1H3,(H,17,20)/t12-/m1/s1. The third kappa shape index (κ3) is 3.39. The molecule has 116 valence electrons. The first kappa shape index (κ1) is 14.8. The number of thiophene rings is 1. The largest absolute Gasteiger partial charge is 0.467 e. The van der Waals surface area contributed by atoms with E-state index < -0.39 is 0 Å². The molecule has 0 saturated carbocycles. The molecule has 1 atom stereocenters. The van der Waals surface area contributed by atoms with Crippen molar-refractivity contribution in [1.29, 1.82) is 0 Å². The van der Waals surface area contributed by atoms with Crippen LogP contribution >= 0.6 is 11.3 Å². The average Bonchev–Trinajstić information content (AvgIpc) is 3.20. The molecule has 0 aromatic carbocycles. The lowest BCUT2D eigenvalue weighted by Gasteiger charge is -2.14. The summed E-state index contributed by atoms with van der Waals surface area (Å²) in [5.74, 6) is 0.414. The lowest BCUT2D eigenvalue weighted by atomic mass is 10.1. The van der Waals surface area contributed by atoms with E-state index in [9.17, 15) is 9.59 Å². The van der Waals surface area contributed by atoms with Crippen LogP contribution in [0.2, 0.25) is 0 Å². The molecule has 2 amide bonds. The molecule has 1 fully saturated rings. The van der Waals surface area contributed by atoms with Crippen LogP contribution in [0.1, 0.15) is 21.9 Å². The van der Waals surface area contributed by atoms with E-state index in [1.54, 1.807) is 28.6 Å². The number of rotatable bonds is 5. The highest BCUT2D eigenvalue weighted by atomic mass is 32.1. The van der Waals surface area contributed by atoms with E-state index in [0.29, 0.717) is 19.6 Å². The molecule has 3 rings (SSSR count). The first-order chi connectivity index (χ1) is 10.6. The number of hydrogen-bond donors (Lipinski definition) is 1. The van der Waals surface area contributed by atoms with E-state index in [4.69, 9.17) is 4.42 Å². The highest BCUT2D eigenvalue weighted by Crippen LogP contribution is 2.21. The summed E-state index contributed by atoms with van der Waals surface area (Å²) < 4.78 is 5.25. The lowest BCUT2D eigenvalue weighted by Crippen LogP contribution is -2.32. The van der Waals surface area contributed by atoms with Gasteiger partial charge in [0.25, 0.3) is 0 Å². The van der Waals surface area contributed by atoms with Crippen LogP contribution in [-0.4, -0.2) is 23.3 Å². The van der Waals surface area contributed by atoms with E-state index in [0.717, 1.165) is 10.6 Å². The zero-order valence-electron chi connectivity index (χ0n) is 12.4. The second kappa shape index (κ2) is 6.36. The van der Waals surface area contributed by atoms with E-state index in [1.807, 2.05) is 25.1 Å². The molecule has 2 aromatic heterocycles. The minimum Gasteiger partial charge on any atom is -0.467 e. The zero-order chi connectivity index (χ0) is 15.5. The van der Waals surface area contributed by atoms with Crippen LogP contribution in [-0.2, 0) is 22.7 Å². The van der Waals surface area contributed by atoms with Gasteiger partial charge in [-0.15, -0.1) is 11.3 Å². The summed E-state index contributed by atoms with van der Waals surface area (Å²) in [6, 6.07) is 7.68. The minimum absolute atomic E-state index is 0.00326. The summed E-state index contributed by atoms with van der Waals surface area (Å²) in [6.45, 7) is 3.45. The number of likely N-dealkylation sites (tertiary alicyclic amines) is 1. The van der Waals surface area contributed by atoms with Crippen LogP contribution in [0.25, 0.3) is 0 Å². The Balaban J connectivity index is 1.52.